The molecule has 3 aromatic rings. The van der Waals surface area contributed by atoms with Crippen molar-refractivity contribution in [2.24, 2.45) is 0 Å². The van der Waals surface area contributed by atoms with E-state index in [4.69, 9.17) is 4.74 Å². The number of aromatic nitrogens is 2. The molecule has 0 aliphatic heterocycles. The van der Waals surface area contributed by atoms with Gasteiger partial charge in [0.2, 0.25) is 5.88 Å². The maximum absolute atomic E-state index is 12.3. The van der Waals surface area contributed by atoms with Gasteiger partial charge in [0.25, 0.3) is 5.91 Å². The maximum atomic E-state index is 12.3. The minimum atomic E-state index is -4.45. The van der Waals surface area contributed by atoms with E-state index < -0.39 is 18.7 Å². The molecule has 152 valence electrons. The number of alkyl halides is 3. The van der Waals surface area contributed by atoms with Gasteiger partial charge in [0.15, 0.2) is 11.7 Å². The highest BCUT2D eigenvalue weighted by atomic mass is 32.1. The smallest absolute Gasteiger partial charge is 0.422 e. The van der Waals surface area contributed by atoms with E-state index in [-0.39, 0.29) is 11.4 Å². The van der Waals surface area contributed by atoms with Crippen molar-refractivity contribution in [3.63, 3.8) is 0 Å². The number of nitrogens with zero attached hydrogens (tertiary/aromatic N) is 2. The number of amides is 1. The topological polar surface area (TPSA) is 73.3 Å². The van der Waals surface area contributed by atoms with Crippen LogP contribution in [0.5, 0.6) is 11.6 Å². The van der Waals surface area contributed by atoms with Gasteiger partial charge in [0, 0.05) is 23.2 Å². The molecule has 0 spiro atoms. The number of rotatable bonds is 7. The first kappa shape index (κ1) is 20.6. The summed E-state index contributed by atoms with van der Waals surface area (Å²) in [6, 6.07) is 9.95. The summed E-state index contributed by atoms with van der Waals surface area (Å²) >= 11 is 1.25. The second-order valence-corrected chi connectivity index (χ2v) is 6.60. The van der Waals surface area contributed by atoms with E-state index in [1.54, 1.807) is 5.38 Å². The molecule has 0 unspecified atom stereocenters. The van der Waals surface area contributed by atoms with Crippen LogP contribution in [0.15, 0.2) is 48.0 Å². The van der Waals surface area contributed by atoms with Gasteiger partial charge in [-0.25, -0.2) is 9.97 Å². The van der Waals surface area contributed by atoms with E-state index in [9.17, 15) is 18.0 Å². The molecule has 6 nitrogen and oxygen atoms in total. The normalized spacial score (nSPS) is 11.2. The summed E-state index contributed by atoms with van der Waals surface area (Å²) in [6.45, 7) is 1.04. The molecule has 1 N–H and O–H groups in total. The molecule has 0 radical (unpaired) electrons. The van der Waals surface area contributed by atoms with Crippen LogP contribution in [-0.2, 0) is 0 Å². The summed E-state index contributed by atoms with van der Waals surface area (Å²) in [6.07, 6.45) is -3.31. The lowest BCUT2D eigenvalue weighted by atomic mass is 10.2. The zero-order valence-electron chi connectivity index (χ0n) is 15.2. The zero-order chi connectivity index (χ0) is 20.9. The minimum absolute atomic E-state index is 0.169. The first-order valence-corrected chi connectivity index (χ1v) is 9.38. The van der Waals surface area contributed by atoms with E-state index >= 15 is 0 Å². The highest BCUT2D eigenvalue weighted by Gasteiger charge is 2.28. The molecule has 29 heavy (non-hydrogen) atoms. The van der Waals surface area contributed by atoms with Crippen molar-refractivity contribution in [3.8, 4) is 22.9 Å². The molecule has 10 heteroatoms. The van der Waals surface area contributed by atoms with Crippen molar-refractivity contribution < 1.29 is 27.4 Å². The van der Waals surface area contributed by atoms with E-state index in [2.05, 4.69) is 20.0 Å². The van der Waals surface area contributed by atoms with Crippen LogP contribution in [0.2, 0.25) is 0 Å². The number of carbonyl (C=O) groups excluding carboxylic acids is 1. The van der Waals surface area contributed by atoms with Gasteiger partial charge in [0.05, 0.1) is 17.9 Å². The van der Waals surface area contributed by atoms with Gasteiger partial charge in [0.1, 0.15) is 5.75 Å². The molecule has 3 rings (SSSR count). The quantitative estimate of drug-likeness (QED) is 0.591. The number of hydrogen-bond donors (Lipinski definition) is 1. The van der Waals surface area contributed by atoms with E-state index in [1.165, 1.54) is 23.5 Å². The Kier molecular flexibility index (Phi) is 6.32. The van der Waals surface area contributed by atoms with E-state index in [1.807, 2.05) is 31.2 Å². The predicted octanol–water partition coefficient (Wildman–Crippen LogP) is 4.80. The van der Waals surface area contributed by atoms with Crippen LogP contribution >= 0.6 is 11.3 Å². The molecule has 1 aromatic carbocycles. The van der Waals surface area contributed by atoms with Crippen LogP contribution in [0.3, 0.4) is 0 Å². The summed E-state index contributed by atoms with van der Waals surface area (Å²) in [5.74, 6) is 0.0635. The summed E-state index contributed by atoms with van der Waals surface area (Å²) in [5.41, 5.74) is 1.74. The summed E-state index contributed by atoms with van der Waals surface area (Å²) in [7, 11) is 0. The van der Waals surface area contributed by atoms with Crippen LogP contribution < -0.4 is 14.8 Å². The summed E-state index contributed by atoms with van der Waals surface area (Å²) in [4.78, 5) is 20.4. The standard InChI is InChI=1S/C19H16F3N3O3S/c1-2-27-14-6-3-12(4-7-14)15-10-29-18(24-15)25-17(26)13-5-8-16(23-9-13)28-11-19(20,21)22/h3-10H,2,11H2,1H3,(H,24,25,26). The number of ether oxygens (including phenoxy) is 2. The molecular weight excluding hydrogens is 407 g/mol. The van der Waals surface area contributed by atoms with E-state index in [0.29, 0.717) is 17.4 Å². The predicted molar refractivity (Wildman–Crippen MR) is 102 cm³/mol. The van der Waals surface area contributed by atoms with Crippen LogP contribution in [0.1, 0.15) is 17.3 Å². The van der Waals surface area contributed by atoms with E-state index in [0.717, 1.165) is 17.5 Å². The van der Waals surface area contributed by atoms with Gasteiger partial charge in [-0.1, -0.05) is 0 Å². The molecule has 1 amide bonds. The second kappa shape index (κ2) is 8.91. The van der Waals surface area contributed by atoms with Crippen molar-refractivity contribution in [3.05, 3.63) is 53.5 Å². The number of anilines is 1. The fraction of sp³-hybridized carbons (Fsp3) is 0.211. The van der Waals surface area contributed by atoms with Crippen LogP contribution in [-0.4, -0.2) is 35.3 Å². The number of nitrogens with one attached hydrogen (secondary N) is 1. The lowest BCUT2D eigenvalue weighted by molar-refractivity contribution is -0.154. The molecule has 0 saturated heterocycles. The van der Waals surface area contributed by atoms with Crippen LogP contribution in [0.25, 0.3) is 11.3 Å². The summed E-state index contributed by atoms with van der Waals surface area (Å²) in [5, 5.41) is 4.83. The average molecular weight is 423 g/mol. The van der Waals surface area contributed by atoms with Crippen molar-refractivity contribution in [1.29, 1.82) is 0 Å². The van der Waals surface area contributed by atoms with Crippen molar-refractivity contribution in [1.82, 2.24) is 9.97 Å². The Morgan fingerprint density at radius 3 is 2.52 bits per heavy atom. The van der Waals surface area contributed by atoms with Crippen molar-refractivity contribution in [2.45, 2.75) is 13.1 Å². The number of hydrogen-bond acceptors (Lipinski definition) is 6. The molecule has 0 atom stereocenters. The largest absolute Gasteiger partial charge is 0.494 e. The minimum Gasteiger partial charge on any atom is -0.494 e. The average Bonchev–Trinajstić information content (AvgIpc) is 3.15. The van der Waals surface area contributed by atoms with Crippen molar-refractivity contribution in [2.75, 3.05) is 18.5 Å². The fourth-order valence-electron chi connectivity index (χ4n) is 2.28. The molecule has 2 heterocycles. The zero-order valence-corrected chi connectivity index (χ0v) is 16.0. The lowest BCUT2D eigenvalue weighted by Crippen LogP contribution is -2.19. The van der Waals surface area contributed by atoms with Crippen LogP contribution in [0.4, 0.5) is 18.3 Å². The highest BCUT2D eigenvalue weighted by molar-refractivity contribution is 7.14. The third-order valence-electron chi connectivity index (χ3n) is 3.57. The molecule has 0 saturated carbocycles. The monoisotopic (exact) mass is 423 g/mol. The molecule has 0 fully saturated rings. The molecule has 0 aliphatic rings. The maximum Gasteiger partial charge on any atom is 0.422 e. The van der Waals surface area contributed by atoms with Crippen molar-refractivity contribution >= 4 is 22.4 Å². The molecule has 0 bridgehead atoms. The van der Waals surface area contributed by atoms with Gasteiger partial charge < -0.3 is 9.47 Å². The first-order chi connectivity index (χ1) is 13.8. The Morgan fingerprint density at radius 2 is 1.90 bits per heavy atom. The molecule has 0 aliphatic carbocycles. The molecule has 2 aromatic heterocycles. The summed E-state index contributed by atoms with van der Waals surface area (Å²) < 4.78 is 46.3. The van der Waals surface area contributed by atoms with Gasteiger partial charge in [-0.2, -0.15) is 13.2 Å². The lowest BCUT2D eigenvalue weighted by Gasteiger charge is -2.08. The number of benzene rings is 1. The Morgan fingerprint density at radius 1 is 1.14 bits per heavy atom. The van der Waals surface area contributed by atoms with Gasteiger partial charge in [-0.3, -0.25) is 10.1 Å². The number of halogens is 3. The third kappa shape index (κ3) is 5.92. The number of pyridine rings is 1. The Hall–Kier alpha value is -3.14. The SMILES string of the molecule is CCOc1ccc(-c2csc(NC(=O)c3ccc(OCC(F)(F)F)nc3)n2)cc1. The van der Waals surface area contributed by atoms with Gasteiger partial charge >= 0.3 is 6.18 Å². The van der Waals surface area contributed by atoms with Gasteiger partial charge in [-0.15, -0.1) is 11.3 Å². The number of carbonyl (C=O) groups is 1. The Bertz CT molecular complexity index is 957. The van der Waals surface area contributed by atoms with Crippen LogP contribution in [0, 0.1) is 0 Å². The van der Waals surface area contributed by atoms with Gasteiger partial charge in [-0.05, 0) is 37.3 Å². The second-order valence-electron chi connectivity index (χ2n) is 5.74. The Balaban J connectivity index is 1.61. The highest BCUT2D eigenvalue weighted by Crippen LogP contribution is 2.27. The Labute approximate surface area is 168 Å². The first-order valence-electron chi connectivity index (χ1n) is 8.50. The number of thiazole rings is 1. The fourth-order valence-corrected chi connectivity index (χ4v) is 2.99. The molecular formula is C19H16F3N3O3S. The third-order valence-corrected chi connectivity index (χ3v) is 4.33.